The number of fused-ring (bicyclic) bond motifs is 1. The first-order valence-electron chi connectivity index (χ1n) is 8.44. The quantitative estimate of drug-likeness (QED) is 0.712. The number of nitrogens with zero attached hydrogens (tertiary/aromatic N) is 5. The summed E-state index contributed by atoms with van der Waals surface area (Å²) in [5.74, 6) is 0.745. The lowest BCUT2D eigenvalue weighted by Gasteiger charge is -2.23. The second kappa shape index (κ2) is 6.99. The third-order valence-electron chi connectivity index (χ3n) is 4.32. The summed E-state index contributed by atoms with van der Waals surface area (Å²) in [5.41, 5.74) is 1.66. The van der Waals surface area contributed by atoms with Crippen molar-refractivity contribution in [3.05, 3.63) is 60.1 Å². The maximum Gasteiger partial charge on any atom is 0.292 e. The molecule has 3 aromatic heterocycles. The molecule has 3 aromatic rings. The number of carbonyl (C=O) groups excluding carboxylic acids is 1. The molecule has 0 radical (unpaired) electrons. The van der Waals surface area contributed by atoms with E-state index in [9.17, 15) is 4.79 Å². The molecule has 0 fully saturated rings. The Labute approximate surface area is 150 Å². The zero-order valence-corrected chi connectivity index (χ0v) is 14.4. The number of ether oxygens (including phenoxy) is 1. The molecule has 0 N–H and O–H groups in total. The van der Waals surface area contributed by atoms with Crippen LogP contribution in [0.2, 0.25) is 0 Å². The van der Waals surface area contributed by atoms with Gasteiger partial charge in [-0.3, -0.25) is 4.79 Å². The molecule has 1 amide bonds. The zero-order chi connectivity index (χ0) is 17.9. The molecule has 0 bridgehead atoms. The van der Waals surface area contributed by atoms with Crippen molar-refractivity contribution in [2.75, 3.05) is 13.2 Å². The molecule has 1 aliphatic heterocycles. The fraction of sp³-hybridized carbons (Fsp3) is 0.333. The Morgan fingerprint density at radius 3 is 3.08 bits per heavy atom. The standard InChI is InChI=1S/C18H19N5O3/c1-13-6-16(26-21-13)18(24)22-8-14(9-23-12-19-7-15(23)10-22)11-25-17-4-2-3-5-20-17/h2-7,12,14H,8-11H2,1H3/t14-/m0/s1. The summed E-state index contributed by atoms with van der Waals surface area (Å²) in [7, 11) is 0. The van der Waals surface area contributed by atoms with Gasteiger partial charge in [-0.2, -0.15) is 0 Å². The highest BCUT2D eigenvalue weighted by Crippen LogP contribution is 2.20. The summed E-state index contributed by atoms with van der Waals surface area (Å²) in [5, 5.41) is 3.81. The van der Waals surface area contributed by atoms with Crippen LogP contribution in [0.25, 0.3) is 0 Å². The topological polar surface area (TPSA) is 86.3 Å². The Balaban J connectivity index is 1.52. The molecule has 0 unspecified atom stereocenters. The summed E-state index contributed by atoms with van der Waals surface area (Å²) in [6.07, 6.45) is 5.27. The van der Waals surface area contributed by atoms with Gasteiger partial charge in [-0.15, -0.1) is 0 Å². The van der Waals surface area contributed by atoms with Crippen molar-refractivity contribution < 1.29 is 14.1 Å². The largest absolute Gasteiger partial charge is 0.477 e. The summed E-state index contributed by atoms with van der Waals surface area (Å²) in [6, 6.07) is 7.20. The molecule has 0 aliphatic carbocycles. The molecule has 8 nitrogen and oxygen atoms in total. The summed E-state index contributed by atoms with van der Waals surface area (Å²) in [4.78, 5) is 23.0. The van der Waals surface area contributed by atoms with Crippen molar-refractivity contribution in [1.82, 2.24) is 24.6 Å². The van der Waals surface area contributed by atoms with Crippen molar-refractivity contribution in [1.29, 1.82) is 0 Å². The van der Waals surface area contributed by atoms with Gasteiger partial charge in [0, 0.05) is 43.5 Å². The van der Waals surface area contributed by atoms with Gasteiger partial charge in [0.2, 0.25) is 11.6 Å². The van der Waals surface area contributed by atoms with Crippen LogP contribution < -0.4 is 4.74 Å². The van der Waals surface area contributed by atoms with E-state index in [2.05, 4.69) is 19.7 Å². The second-order valence-electron chi connectivity index (χ2n) is 6.40. The van der Waals surface area contributed by atoms with Crippen LogP contribution in [-0.4, -0.2) is 43.7 Å². The smallest absolute Gasteiger partial charge is 0.292 e. The SMILES string of the molecule is Cc1cc(C(=O)N2Cc3cncn3C[C@@H](COc3ccccn3)C2)on1. The van der Waals surface area contributed by atoms with Crippen LogP contribution >= 0.6 is 0 Å². The van der Waals surface area contributed by atoms with E-state index in [0.29, 0.717) is 31.3 Å². The van der Waals surface area contributed by atoms with Crippen LogP contribution in [0.1, 0.15) is 21.9 Å². The summed E-state index contributed by atoms with van der Waals surface area (Å²) >= 11 is 0. The summed E-state index contributed by atoms with van der Waals surface area (Å²) < 4.78 is 13.0. The van der Waals surface area contributed by atoms with E-state index in [0.717, 1.165) is 12.2 Å². The number of rotatable bonds is 4. The number of amides is 1. The lowest BCUT2D eigenvalue weighted by molar-refractivity contribution is 0.0658. The molecular formula is C18H19N5O3. The highest BCUT2D eigenvalue weighted by Gasteiger charge is 2.28. The number of hydrogen-bond donors (Lipinski definition) is 0. The van der Waals surface area contributed by atoms with Gasteiger partial charge in [0.25, 0.3) is 5.91 Å². The Bertz CT molecular complexity index is 889. The van der Waals surface area contributed by atoms with Crippen molar-refractivity contribution in [3.8, 4) is 5.88 Å². The van der Waals surface area contributed by atoms with Gasteiger partial charge in [0.05, 0.1) is 30.9 Å². The van der Waals surface area contributed by atoms with Crippen LogP contribution in [0.5, 0.6) is 5.88 Å². The Hall–Kier alpha value is -3.16. The van der Waals surface area contributed by atoms with Crippen LogP contribution in [-0.2, 0) is 13.1 Å². The highest BCUT2D eigenvalue weighted by molar-refractivity contribution is 5.91. The van der Waals surface area contributed by atoms with E-state index < -0.39 is 0 Å². The molecule has 0 aromatic carbocycles. The molecule has 1 atom stereocenters. The minimum atomic E-state index is -0.178. The van der Waals surface area contributed by atoms with Gasteiger partial charge >= 0.3 is 0 Å². The lowest BCUT2D eigenvalue weighted by atomic mass is 10.1. The fourth-order valence-electron chi connectivity index (χ4n) is 3.07. The minimum Gasteiger partial charge on any atom is -0.477 e. The predicted octanol–water partition coefficient (Wildman–Crippen LogP) is 1.93. The van der Waals surface area contributed by atoms with Gasteiger partial charge in [-0.05, 0) is 13.0 Å². The van der Waals surface area contributed by atoms with E-state index in [4.69, 9.17) is 9.26 Å². The molecular weight excluding hydrogens is 334 g/mol. The van der Waals surface area contributed by atoms with Gasteiger partial charge in [-0.1, -0.05) is 11.2 Å². The Kier molecular flexibility index (Phi) is 4.39. The number of pyridine rings is 1. The average Bonchev–Trinajstić information content (AvgIpc) is 3.24. The maximum atomic E-state index is 12.8. The first-order chi connectivity index (χ1) is 12.7. The number of carbonyl (C=O) groups is 1. The predicted molar refractivity (Wildman–Crippen MR) is 91.4 cm³/mol. The zero-order valence-electron chi connectivity index (χ0n) is 14.4. The molecule has 0 saturated carbocycles. The van der Waals surface area contributed by atoms with E-state index in [1.165, 1.54) is 0 Å². The molecule has 0 spiro atoms. The maximum absolute atomic E-state index is 12.8. The minimum absolute atomic E-state index is 0.0976. The molecule has 4 rings (SSSR count). The molecule has 8 heteroatoms. The molecule has 1 aliphatic rings. The van der Waals surface area contributed by atoms with E-state index in [1.54, 1.807) is 36.6 Å². The third-order valence-corrected chi connectivity index (χ3v) is 4.32. The normalized spacial score (nSPS) is 16.8. The highest BCUT2D eigenvalue weighted by atomic mass is 16.5. The summed E-state index contributed by atoms with van der Waals surface area (Å²) in [6.45, 7) is 3.99. The van der Waals surface area contributed by atoms with Crippen LogP contribution in [0.3, 0.4) is 0 Å². The first kappa shape index (κ1) is 16.3. The van der Waals surface area contributed by atoms with Gasteiger partial charge in [0.15, 0.2) is 0 Å². The monoisotopic (exact) mass is 353 g/mol. The molecule has 4 heterocycles. The van der Waals surface area contributed by atoms with Crippen molar-refractivity contribution in [2.45, 2.75) is 20.0 Å². The van der Waals surface area contributed by atoms with E-state index >= 15 is 0 Å². The number of aromatic nitrogens is 4. The van der Waals surface area contributed by atoms with Crippen molar-refractivity contribution in [3.63, 3.8) is 0 Å². The number of hydrogen-bond acceptors (Lipinski definition) is 6. The lowest BCUT2D eigenvalue weighted by Crippen LogP contribution is -2.35. The number of imidazole rings is 1. The van der Waals surface area contributed by atoms with E-state index in [1.807, 2.05) is 18.2 Å². The molecule has 134 valence electrons. The van der Waals surface area contributed by atoms with Crippen LogP contribution in [0.15, 0.2) is 47.5 Å². The van der Waals surface area contributed by atoms with Crippen molar-refractivity contribution >= 4 is 5.91 Å². The third kappa shape index (κ3) is 3.44. The van der Waals surface area contributed by atoms with Crippen molar-refractivity contribution in [2.24, 2.45) is 5.92 Å². The van der Waals surface area contributed by atoms with E-state index in [-0.39, 0.29) is 17.6 Å². The fourth-order valence-corrected chi connectivity index (χ4v) is 3.07. The van der Waals surface area contributed by atoms with Crippen LogP contribution in [0.4, 0.5) is 0 Å². The first-order valence-corrected chi connectivity index (χ1v) is 8.44. The van der Waals surface area contributed by atoms with Gasteiger partial charge in [0.1, 0.15) is 0 Å². The second-order valence-corrected chi connectivity index (χ2v) is 6.40. The van der Waals surface area contributed by atoms with Gasteiger partial charge < -0.3 is 18.7 Å². The average molecular weight is 353 g/mol. The Morgan fingerprint density at radius 1 is 1.38 bits per heavy atom. The van der Waals surface area contributed by atoms with Gasteiger partial charge in [-0.25, -0.2) is 9.97 Å². The Morgan fingerprint density at radius 2 is 2.31 bits per heavy atom. The van der Waals surface area contributed by atoms with Crippen LogP contribution in [0, 0.1) is 12.8 Å². The molecule has 26 heavy (non-hydrogen) atoms. The number of aryl methyl sites for hydroxylation is 1. The molecule has 0 saturated heterocycles.